The molecule has 14 rings (SSSR count). The second kappa shape index (κ2) is 37.4. The number of alkyl carbamates (subject to hydrolysis) is 1. The van der Waals surface area contributed by atoms with E-state index in [-0.39, 0.29) is 46.8 Å². The van der Waals surface area contributed by atoms with E-state index in [2.05, 4.69) is 83.1 Å². The zero-order valence-corrected chi connectivity index (χ0v) is 78.3. The summed E-state index contributed by atoms with van der Waals surface area (Å²) in [4.78, 5) is 116. The number of methoxy groups -OCH3 is 2. The van der Waals surface area contributed by atoms with Gasteiger partial charge in [0.1, 0.15) is 54.3 Å². The summed E-state index contributed by atoms with van der Waals surface area (Å²) in [6.07, 6.45) is 24.8. The monoisotopic (exact) mass is 1730 g/mol. The summed E-state index contributed by atoms with van der Waals surface area (Å²) >= 11 is 0. The summed E-state index contributed by atoms with van der Waals surface area (Å²) in [6, 6.07) is 14.7. The number of ether oxygens (including phenoxy) is 9. The normalized spacial score (nSPS) is 37.1. The van der Waals surface area contributed by atoms with Gasteiger partial charge in [-0.15, -0.1) is 11.8 Å². The number of unbranched alkanes of at least 4 members (excludes halogenated alkanes) is 1. The lowest BCUT2D eigenvalue weighted by molar-refractivity contribution is -0.347. The molecule has 2 amide bonds. The number of aliphatic hydroxyl groups is 1. The third-order valence-corrected chi connectivity index (χ3v) is 35.2. The number of carbonyl (C=O) groups is 8. The second-order valence-electron chi connectivity index (χ2n) is 43.6. The Bertz CT molecular complexity index is 4460. The van der Waals surface area contributed by atoms with E-state index in [9.17, 15) is 33.9 Å². The van der Waals surface area contributed by atoms with Crippen LogP contribution in [0.5, 0.6) is 0 Å². The Morgan fingerprint density at radius 1 is 0.704 bits per heavy atom. The van der Waals surface area contributed by atoms with Crippen LogP contribution in [0.15, 0.2) is 95.1 Å². The number of amides is 2. The number of rotatable bonds is 28. The van der Waals surface area contributed by atoms with Crippen molar-refractivity contribution in [1.29, 1.82) is 0 Å². The first-order valence-electron chi connectivity index (χ1n) is 48.2. The summed E-state index contributed by atoms with van der Waals surface area (Å²) in [5.41, 5.74) is -3.04. The Kier molecular flexibility index (Phi) is 28.1. The molecule has 3 N–H and O–H groups in total. The molecule has 8 saturated carbocycles. The van der Waals surface area contributed by atoms with Gasteiger partial charge in [-0.3, -0.25) is 24.0 Å². The molecule has 9 fully saturated rings. The first kappa shape index (κ1) is 94.0. The molecule has 20 heteroatoms. The molecular weight excluding hydrogens is 1580 g/mol. The van der Waals surface area contributed by atoms with Crippen molar-refractivity contribution >= 4 is 47.6 Å². The summed E-state index contributed by atoms with van der Waals surface area (Å²) in [5, 5.41) is 19.6. The van der Waals surface area contributed by atoms with Gasteiger partial charge in [-0.2, -0.15) is 0 Å². The highest BCUT2D eigenvalue weighted by atomic mass is 16.6. The zero-order valence-electron chi connectivity index (χ0n) is 78.3. The molecule has 2 aromatic carbocycles. The SMILES string of the molecule is CO[C@H]1C(=O)[C@]2(C)[C@@H](OC)C[C@H]3OC[C@@]3(OC(C)=O)[C@H]2[C@H](OC(=O)c2ccccc2)[C@]2(O)C[C@H](OC(=O)[C@H](OC(=O)CCC(=O)NCC(=O)O[C@H]3CC[C@@]4(C)C(=CC[C@H]5[C@@H]6CC[C@H](CCCCC(C)C#CCC(C)CCC[C@@H](C)[C@H]7CCC8C9CC=C%10CCCC[C@]%10(C)C9CC[C@@]87C)[C@@]6(C)CC[C@@H]54)C3)[C@@H](NC(=O)OC(C)(C)C)c3ccccc3)C(C)=C1C2(C)C. The molecule has 0 aromatic heterocycles. The first-order chi connectivity index (χ1) is 59.3. The summed E-state index contributed by atoms with van der Waals surface area (Å²) in [6.45, 7) is 29.9. The minimum Gasteiger partial charge on any atom is -0.461 e. The van der Waals surface area contributed by atoms with Gasteiger partial charge in [0.2, 0.25) is 12.0 Å². The number of fused-ring (bicyclic) bond motifs is 15. The van der Waals surface area contributed by atoms with Crippen molar-refractivity contribution in [2.75, 3.05) is 27.4 Å². The Morgan fingerprint density at radius 3 is 2.05 bits per heavy atom. The molecule has 12 aliphatic rings. The van der Waals surface area contributed by atoms with E-state index in [1.54, 1.807) is 97.0 Å². The van der Waals surface area contributed by atoms with Crippen LogP contribution in [0.25, 0.3) is 0 Å². The molecule has 1 heterocycles. The highest BCUT2D eigenvalue weighted by molar-refractivity contribution is 5.95. The fourth-order valence-corrected chi connectivity index (χ4v) is 28.5. The van der Waals surface area contributed by atoms with Gasteiger partial charge in [-0.1, -0.05) is 166 Å². The number of hydrogen-bond acceptors (Lipinski definition) is 18. The Labute approximate surface area is 744 Å². The van der Waals surface area contributed by atoms with Gasteiger partial charge in [0, 0.05) is 64.6 Å². The van der Waals surface area contributed by atoms with Crippen molar-refractivity contribution < 1.29 is 86.1 Å². The maximum Gasteiger partial charge on any atom is 0.408 e. The molecule has 5 unspecified atom stereocenters. The minimum absolute atomic E-state index is 0.0257. The molecule has 11 aliphatic carbocycles. The third kappa shape index (κ3) is 18.1. The molecule has 686 valence electrons. The minimum atomic E-state index is -2.37. The lowest BCUT2D eigenvalue weighted by Crippen LogP contribution is -2.82. The number of Topliss-reactive ketones (excluding diaryl/α,β-unsaturated/α-hetero) is 1. The van der Waals surface area contributed by atoms with Crippen LogP contribution in [0, 0.1) is 115 Å². The van der Waals surface area contributed by atoms with Crippen molar-refractivity contribution in [3.63, 3.8) is 0 Å². The molecular formula is C105H148N2O18. The Balaban J connectivity index is 0.566. The molecule has 125 heavy (non-hydrogen) atoms. The van der Waals surface area contributed by atoms with Crippen LogP contribution in [-0.2, 0) is 71.4 Å². The topological polar surface area (TPSA) is 264 Å². The Morgan fingerprint density at radius 2 is 1.38 bits per heavy atom. The maximum absolute atomic E-state index is 16.1. The van der Waals surface area contributed by atoms with Crippen molar-refractivity contribution in [2.45, 2.75) is 356 Å². The van der Waals surface area contributed by atoms with Gasteiger partial charge in [0.25, 0.3) is 0 Å². The van der Waals surface area contributed by atoms with E-state index in [0.29, 0.717) is 58.7 Å². The molecule has 27 atom stereocenters. The quantitative estimate of drug-likeness (QED) is 0.0235. The fourth-order valence-electron chi connectivity index (χ4n) is 28.5. The molecule has 0 radical (unpaired) electrons. The van der Waals surface area contributed by atoms with E-state index in [4.69, 9.17) is 42.6 Å². The number of allylic oxidation sites excluding steroid dienone is 3. The van der Waals surface area contributed by atoms with Gasteiger partial charge in [0.05, 0.1) is 36.0 Å². The predicted octanol–water partition coefficient (Wildman–Crippen LogP) is 19.5. The van der Waals surface area contributed by atoms with Crippen molar-refractivity contribution in [2.24, 2.45) is 104 Å². The number of ketones is 1. The van der Waals surface area contributed by atoms with Crippen LogP contribution >= 0.6 is 0 Å². The zero-order chi connectivity index (χ0) is 89.7. The molecule has 1 saturated heterocycles. The summed E-state index contributed by atoms with van der Waals surface area (Å²) in [7, 11) is 2.76. The molecule has 2 aromatic rings. The predicted molar refractivity (Wildman–Crippen MR) is 476 cm³/mol. The first-order valence-corrected chi connectivity index (χ1v) is 48.2. The number of carbonyl (C=O) groups excluding carboxylic acids is 8. The van der Waals surface area contributed by atoms with E-state index in [1.165, 1.54) is 167 Å². The highest BCUT2D eigenvalue weighted by Crippen LogP contribution is 2.71. The van der Waals surface area contributed by atoms with Crippen LogP contribution < -0.4 is 10.6 Å². The van der Waals surface area contributed by atoms with Crippen molar-refractivity contribution in [3.05, 3.63) is 106 Å². The van der Waals surface area contributed by atoms with Crippen molar-refractivity contribution in [1.82, 2.24) is 10.6 Å². The van der Waals surface area contributed by atoms with Gasteiger partial charge in [-0.25, -0.2) is 14.4 Å². The van der Waals surface area contributed by atoms with Gasteiger partial charge < -0.3 is 58.4 Å². The smallest absolute Gasteiger partial charge is 0.408 e. The molecule has 2 bridgehead atoms. The van der Waals surface area contributed by atoms with Crippen LogP contribution in [-0.4, -0.2) is 140 Å². The Hall–Kier alpha value is -7.18. The largest absolute Gasteiger partial charge is 0.461 e. The third-order valence-electron chi connectivity index (χ3n) is 35.2. The van der Waals surface area contributed by atoms with Crippen LogP contribution in [0.4, 0.5) is 4.79 Å². The lowest BCUT2D eigenvalue weighted by Gasteiger charge is -2.67. The second-order valence-corrected chi connectivity index (χ2v) is 43.6. The summed E-state index contributed by atoms with van der Waals surface area (Å²) in [5.74, 6) is 8.41. The number of esters is 5. The highest BCUT2D eigenvalue weighted by Gasteiger charge is 2.79. The standard InChI is InChI=1S/C105H148N2O18/c1-63(31-28-32-64(2)33-29-34-65(3)76-47-48-78-75-44-41-70-40-26-27-54-99(70,11)79(75)53-57-102(76,78)14)30-24-25-39-71-43-46-77-74-45-42-72-58-73(51-55-101(72,13)80(74)52-56-100(71,77)12)120-86(111)61-106-84(109)49-50-85(110)122-90(88(68-35-20-18-21-36-68)107-96(115)125-97(6,7)8)95(114)121-81-60-105(116)93(123-94(113)69-37-22-19-23-38-69)91-103(15,92(112)89(118-17)87(66(81)4)98(105,9)10)82(117-16)59-83-104(91,62-119-83)124-67(5)108/h18-23,35-38,41-42,63-65,71,73-83,88-91,93,116H,24-27,29-30,32-34,39-40,43-62H2,1-17H3,(H,106,109)(H,107,115)/t63?,64?,65-,71+,73+,74+,75?,76-,77+,78?,79?,80+,81+,82+,83-,88+,89-,90-,91+,93+,99+,100-,101+,102-,103-,104+,105-/m1/s1. The van der Waals surface area contributed by atoms with E-state index < -0.39 is 150 Å². The molecule has 0 spiro atoms. The number of hydrogen-bond donors (Lipinski definition) is 3. The number of benzene rings is 2. The summed E-state index contributed by atoms with van der Waals surface area (Å²) < 4.78 is 56.1. The lowest BCUT2D eigenvalue weighted by atomic mass is 9.44. The molecule has 1 aliphatic heterocycles. The van der Waals surface area contributed by atoms with Gasteiger partial charge >= 0.3 is 35.9 Å². The van der Waals surface area contributed by atoms with Gasteiger partial charge in [-0.05, 0) is 260 Å². The van der Waals surface area contributed by atoms with E-state index in [1.807, 2.05) is 5.57 Å². The number of nitrogens with one attached hydrogen (secondary N) is 2. The van der Waals surface area contributed by atoms with E-state index in [0.717, 1.165) is 54.8 Å². The van der Waals surface area contributed by atoms with E-state index >= 15 is 9.59 Å². The maximum atomic E-state index is 16.1. The molecule has 20 nitrogen and oxygen atoms in total. The van der Waals surface area contributed by atoms with Crippen LogP contribution in [0.1, 0.15) is 312 Å². The van der Waals surface area contributed by atoms with Crippen LogP contribution in [0.2, 0.25) is 0 Å². The fraction of sp³-hybridized carbons (Fsp3) is 0.733. The average molecular weight is 1730 g/mol. The van der Waals surface area contributed by atoms with Gasteiger partial charge in [0.15, 0.2) is 11.4 Å². The average Bonchev–Trinajstić information content (AvgIpc) is 1.41. The van der Waals surface area contributed by atoms with Crippen LogP contribution in [0.3, 0.4) is 0 Å². The van der Waals surface area contributed by atoms with Crippen molar-refractivity contribution in [3.8, 4) is 11.8 Å².